The zero-order valence-corrected chi connectivity index (χ0v) is 7.09. The highest BCUT2D eigenvalue weighted by molar-refractivity contribution is 7.07. The number of hydrogen-bond donors (Lipinski definition) is 0. The van der Waals surface area contributed by atoms with Gasteiger partial charge >= 0.3 is 0 Å². The van der Waals surface area contributed by atoms with E-state index >= 15 is 0 Å². The van der Waals surface area contributed by atoms with Crippen LogP contribution in [-0.4, -0.2) is 11.6 Å². The summed E-state index contributed by atoms with van der Waals surface area (Å²) in [5.74, 6) is 0. The summed E-state index contributed by atoms with van der Waals surface area (Å²) >= 11 is 1.60. The topological polar surface area (TPSA) is 22.1 Å². The van der Waals surface area contributed by atoms with E-state index in [0.29, 0.717) is 0 Å². The van der Waals surface area contributed by atoms with Crippen molar-refractivity contribution in [3.63, 3.8) is 0 Å². The van der Waals surface area contributed by atoms with Crippen LogP contribution < -0.4 is 0 Å². The molecule has 2 nitrogen and oxygen atoms in total. The van der Waals surface area contributed by atoms with Gasteiger partial charge in [0.25, 0.3) is 0 Å². The summed E-state index contributed by atoms with van der Waals surface area (Å²) < 4.78 is 4.89. The van der Waals surface area contributed by atoms with Crippen molar-refractivity contribution in [2.24, 2.45) is 0 Å². The number of rotatable bonds is 0. The van der Waals surface area contributed by atoms with Crippen molar-refractivity contribution in [3.05, 3.63) is 29.4 Å². The molecular weight excluding hydrogens is 158 g/mol. The Kier molecular flexibility index (Phi) is 4.45. The predicted molar refractivity (Wildman–Crippen MR) is 46.4 cm³/mol. The van der Waals surface area contributed by atoms with Crippen LogP contribution in [0.3, 0.4) is 0 Å². The maximum atomic E-state index is 4.89. The molecule has 11 heavy (non-hydrogen) atoms. The zero-order valence-electron chi connectivity index (χ0n) is 6.27. The molecule has 0 atom stereocenters. The lowest BCUT2D eigenvalue weighted by Crippen LogP contribution is -1.90. The Bertz CT molecular complexity index is 159. The molecule has 3 heteroatoms. The van der Waals surface area contributed by atoms with E-state index < -0.39 is 0 Å². The highest BCUT2D eigenvalue weighted by atomic mass is 32.1. The van der Waals surface area contributed by atoms with Gasteiger partial charge in [0.1, 0.15) is 0 Å². The molecule has 1 aliphatic heterocycles. The Hall–Kier alpha value is -0.830. The molecule has 1 aliphatic rings. The maximum absolute atomic E-state index is 4.89. The predicted octanol–water partition coefficient (Wildman–Crippen LogP) is 2.45. The van der Waals surface area contributed by atoms with Crippen molar-refractivity contribution in [1.29, 1.82) is 0 Å². The van der Waals surface area contributed by atoms with Gasteiger partial charge in [0.2, 0.25) is 0 Å². The maximum Gasteiger partial charge on any atom is 0.0876 e. The highest BCUT2D eigenvalue weighted by Gasteiger charge is 1.86. The fourth-order valence-corrected chi connectivity index (χ4v) is 1.02. The second-order valence-corrected chi connectivity index (χ2v) is 2.82. The molecule has 0 saturated carbocycles. The lowest BCUT2D eigenvalue weighted by molar-refractivity contribution is 0.231. The zero-order chi connectivity index (χ0) is 7.78. The summed E-state index contributed by atoms with van der Waals surface area (Å²) in [7, 11) is 0. The summed E-state index contributed by atoms with van der Waals surface area (Å²) in [6, 6.07) is 0. The van der Waals surface area contributed by atoms with Gasteiger partial charge in [0, 0.05) is 11.6 Å². The summed E-state index contributed by atoms with van der Waals surface area (Å²) in [5.41, 5.74) is 1.79. The van der Waals surface area contributed by atoms with Crippen LogP contribution in [0.5, 0.6) is 0 Å². The van der Waals surface area contributed by atoms with Crippen LogP contribution in [0.15, 0.2) is 29.4 Å². The average molecular weight is 169 g/mol. The van der Waals surface area contributed by atoms with Crippen molar-refractivity contribution in [2.45, 2.75) is 12.8 Å². The Balaban J connectivity index is 0.000000112. The first-order chi connectivity index (χ1) is 5.50. The van der Waals surface area contributed by atoms with Crippen molar-refractivity contribution in [1.82, 2.24) is 4.98 Å². The SMILES string of the molecule is C1=COCCC1.c1cscn1. The summed E-state index contributed by atoms with van der Waals surface area (Å²) in [5, 5.41) is 1.93. The van der Waals surface area contributed by atoms with E-state index in [1.54, 1.807) is 29.3 Å². The minimum atomic E-state index is 0.913. The third-order valence-electron chi connectivity index (χ3n) is 1.17. The van der Waals surface area contributed by atoms with Crippen LogP contribution in [0, 0.1) is 0 Å². The van der Waals surface area contributed by atoms with E-state index in [-0.39, 0.29) is 0 Å². The van der Waals surface area contributed by atoms with Crippen LogP contribution in [0.25, 0.3) is 0 Å². The first-order valence-electron chi connectivity index (χ1n) is 3.59. The number of thiazole rings is 1. The fraction of sp³-hybridized carbons (Fsp3) is 0.375. The fourth-order valence-electron chi connectivity index (χ4n) is 0.664. The van der Waals surface area contributed by atoms with Gasteiger partial charge in [-0.1, -0.05) is 0 Å². The van der Waals surface area contributed by atoms with Gasteiger partial charge in [0.15, 0.2) is 0 Å². The van der Waals surface area contributed by atoms with E-state index in [2.05, 4.69) is 4.98 Å². The molecule has 0 radical (unpaired) electrons. The van der Waals surface area contributed by atoms with Gasteiger partial charge in [-0.25, -0.2) is 0 Å². The standard InChI is InChI=1S/C5H8O.C3H3NS/c1-2-4-6-5-3-1;1-2-5-3-4-1/h2,4H,1,3,5H2;1-3H. The Morgan fingerprint density at radius 1 is 1.45 bits per heavy atom. The smallest absolute Gasteiger partial charge is 0.0876 e. The van der Waals surface area contributed by atoms with Crippen molar-refractivity contribution >= 4 is 11.3 Å². The molecule has 0 bridgehead atoms. The molecule has 0 amide bonds. The lowest BCUT2D eigenvalue weighted by Gasteiger charge is -2.01. The van der Waals surface area contributed by atoms with Crippen molar-refractivity contribution < 1.29 is 4.74 Å². The van der Waals surface area contributed by atoms with Crippen molar-refractivity contribution in [3.8, 4) is 0 Å². The second-order valence-electron chi connectivity index (χ2n) is 2.06. The van der Waals surface area contributed by atoms with Crippen LogP contribution in [0.1, 0.15) is 12.8 Å². The van der Waals surface area contributed by atoms with Crippen LogP contribution in [0.4, 0.5) is 0 Å². The molecule has 0 aromatic carbocycles. The number of allylic oxidation sites excluding steroid dienone is 1. The van der Waals surface area contributed by atoms with E-state index in [9.17, 15) is 0 Å². The van der Waals surface area contributed by atoms with Crippen LogP contribution in [-0.2, 0) is 4.74 Å². The normalized spacial score (nSPS) is 14.5. The molecule has 2 rings (SSSR count). The Morgan fingerprint density at radius 2 is 2.45 bits per heavy atom. The highest BCUT2D eigenvalue weighted by Crippen LogP contribution is 1.97. The first-order valence-corrected chi connectivity index (χ1v) is 4.53. The van der Waals surface area contributed by atoms with E-state index in [0.717, 1.165) is 6.61 Å². The largest absolute Gasteiger partial charge is 0.502 e. The molecule has 0 saturated heterocycles. The first kappa shape index (κ1) is 8.27. The van der Waals surface area contributed by atoms with E-state index in [1.165, 1.54) is 12.8 Å². The molecule has 0 spiro atoms. The van der Waals surface area contributed by atoms with Gasteiger partial charge in [-0.05, 0) is 18.9 Å². The number of aromatic nitrogens is 1. The van der Waals surface area contributed by atoms with Gasteiger partial charge in [-0.2, -0.15) is 0 Å². The van der Waals surface area contributed by atoms with Crippen molar-refractivity contribution in [2.75, 3.05) is 6.61 Å². The van der Waals surface area contributed by atoms with Gasteiger partial charge < -0.3 is 4.74 Å². The summed E-state index contributed by atoms with van der Waals surface area (Å²) in [6.07, 6.45) is 7.97. The van der Waals surface area contributed by atoms with E-state index in [4.69, 9.17) is 4.74 Å². The monoisotopic (exact) mass is 169 g/mol. The molecule has 0 N–H and O–H groups in total. The van der Waals surface area contributed by atoms with Gasteiger partial charge in [-0.15, -0.1) is 11.3 Å². The lowest BCUT2D eigenvalue weighted by atomic mass is 10.3. The summed E-state index contributed by atoms with van der Waals surface area (Å²) in [6.45, 7) is 0.913. The third kappa shape index (κ3) is 4.56. The molecular formula is C8H11NOS. The molecule has 2 heterocycles. The molecule has 1 aromatic rings. The second kappa shape index (κ2) is 5.92. The molecule has 60 valence electrons. The third-order valence-corrected chi connectivity index (χ3v) is 1.69. The van der Waals surface area contributed by atoms with Gasteiger partial charge in [-0.3, -0.25) is 4.98 Å². The average Bonchev–Trinajstić information content (AvgIpc) is 2.64. The van der Waals surface area contributed by atoms with Crippen LogP contribution in [0.2, 0.25) is 0 Å². The molecule has 0 unspecified atom stereocenters. The number of nitrogens with zero attached hydrogens (tertiary/aromatic N) is 1. The quantitative estimate of drug-likeness (QED) is 0.595. The summed E-state index contributed by atoms with van der Waals surface area (Å²) in [4.78, 5) is 3.74. The Labute approximate surface area is 70.5 Å². The molecule has 1 aromatic heterocycles. The molecule has 0 aliphatic carbocycles. The minimum Gasteiger partial charge on any atom is -0.502 e. The Morgan fingerprint density at radius 3 is 2.64 bits per heavy atom. The minimum absolute atomic E-state index is 0.913. The number of hydrogen-bond acceptors (Lipinski definition) is 3. The van der Waals surface area contributed by atoms with Crippen LogP contribution >= 0.6 is 11.3 Å². The van der Waals surface area contributed by atoms with E-state index in [1.807, 2.05) is 11.5 Å². The van der Waals surface area contributed by atoms with Gasteiger partial charge in [0.05, 0.1) is 18.4 Å². The number of ether oxygens (including phenoxy) is 1. The molecule has 0 fully saturated rings.